The van der Waals surface area contributed by atoms with Crippen molar-refractivity contribution in [2.24, 2.45) is 7.05 Å². The van der Waals surface area contributed by atoms with E-state index in [0.717, 1.165) is 5.56 Å². The Hall–Kier alpha value is -2.70. The van der Waals surface area contributed by atoms with Crippen LogP contribution < -0.4 is 20.4 Å². The summed E-state index contributed by atoms with van der Waals surface area (Å²) in [4.78, 5) is 23.6. The number of fused-ring (bicyclic) bond motifs is 1. The van der Waals surface area contributed by atoms with Crippen LogP contribution in [0, 0.1) is 6.92 Å². The number of nitrogens with one attached hydrogen (secondary N) is 1. The van der Waals surface area contributed by atoms with Crippen LogP contribution in [0.3, 0.4) is 0 Å². The summed E-state index contributed by atoms with van der Waals surface area (Å²) >= 11 is 0. The predicted molar refractivity (Wildman–Crippen MR) is 72.4 cm³/mol. The van der Waals surface area contributed by atoms with Crippen molar-refractivity contribution in [3.63, 3.8) is 0 Å². The minimum atomic E-state index is -0.641. The lowest BCUT2D eigenvalue weighted by Crippen LogP contribution is -2.27. The number of benzene rings is 1. The largest absolute Gasteiger partial charge is 0.454 e. The van der Waals surface area contributed by atoms with Crippen LogP contribution in [-0.4, -0.2) is 17.4 Å². The number of carbonyl (C=O) groups excluding carboxylic acids is 1. The second-order valence-corrected chi connectivity index (χ2v) is 4.71. The van der Waals surface area contributed by atoms with Crippen molar-refractivity contribution in [1.82, 2.24) is 10.1 Å². The van der Waals surface area contributed by atoms with Crippen molar-refractivity contribution < 1.29 is 18.8 Å². The number of ether oxygens (including phenoxy) is 2. The van der Waals surface area contributed by atoms with Gasteiger partial charge in [-0.2, -0.15) is 0 Å². The first-order valence-electron chi connectivity index (χ1n) is 6.40. The lowest BCUT2D eigenvalue weighted by molar-refractivity contribution is 0.0948. The average molecular weight is 290 g/mol. The molecule has 3 rings (SSSR count). The van der Waals surface area contributed by atoms with Crippen LogP contribution in [0.15, 0.2) is 27.5 Å². The lowest BCUT2D eigenvalue weighted by atomic mass is 10.2. The van der Waals surface area contributed by atoms with E-state index in [1.165, 1.54) is 4.74 Å². The lowest BCUT2D eigenvalue weighted by Gasteiger charge is -2.05. The molecule has 0 atom stereocenters. The highest BCUT2D eigenvalue weighted by molar-refractivity contribution is 5.94. The van der Waals surface area contributed by atoms with Crippen LogP contribution in [0.4, 0.5) is 0 Å². The van der Waals surface area contributed by atoms with Crippen molar-refractivity contribution in [3.05, 3.63) is 45.4 Å². The Labute approximate surface area is 120 Å². The van der Waals surface area contributed by atoms with Gasteiger partial charge in [-0.05, 0) is 24.6 Å². The van der Waals surface area contributed by atoms with Crippen LogP contribution in [0.25, 0.3) is 0 Å². The van der Waals surface area contributed by atoms with Crippen molar-refractivity contribution in [2.45, 2.75) is 13.5 Å². The molecule has 21 heavy (non-hydrogen) atoms. The first-order chi connectivity index (χ1) is 10.1. The van der Waals surface area contributed by atoms with Gasteiger partial charge in [0.1, 0.15) is 5.56 Å². The summed E-state index contributed by atoms with van der Waals surface area (Å²) in [5.74, 6) is 0.876. The summed E-state index contributed by atoms with van der Waals surface area (Å²) in [7, 11) is 1.57. The first kappa shape index (κ1) is 13.3. The van der Waals surface area contributed by atoms with Crippen LogP contribution in [0.2, 0.25) is 0 Å². The number of rotatable bonds is 3. The Morgan fingerprint density at radius 2 is 2.10 bits per heavy atom. The van der Waals surface area contributed by atoms with E-state index in [-0.39, 0.29) is 18.9 Å². The van der Waals surface area contributed by atoms with Gasteiger partial charge in [-0.15, -0.1) is 0 Å². The highest BCUT2D eigenvalue weighted by atomic mass is 16.7. The molecule has 7 heteroatoms. The maximum atomic E-state index is 12.1. The van der Waals surface area contributed by atoms with Gasteiger partial charge < -0.3 is 19.3 Å². The molecule has 110 valence electrons. The van der Waals surface area contributed by atoms with E-state index in [4.69, 9.17) is 14.0 Å². The normalized spacial score (nSPS) is 12.5. The average Bonchev–Trinajstić information content (AvgIpc) is 3.01. The zero-order valence-electron chi connectivity index (χ0n) is 11.6. The number of hydrogen-bond acceptors (Lipinski definition) is 5. The smallest absolute Gasteiger partial charge is 0.370 e. The van der Waals surface area contributed by atoms with Crippen LogP contribution >= 0.6 is 0 Å². The molecule has 1 amide bonds. The molecule has 0 fully saturated rings. The molecule has 1 aromatic carbocycles. The molecular weight excluding hydrogens is 276 g/mol. The second-order valence-electron chi connectivity index (χ2n) is 4.71. The van der Waals surface area contributed by atoms with E-state index in [0.29, 0.717) is 17.2 Å². The molecule has 2 aromatic rings. The third-order valence-electron chi connectivity index (χ3n) is 3.38. The first-order valence-corrected chi connectivity index (χ1v) is 6.40. The van der Waals surface area contributed by atoms with Gasteiger partial charge in [0, 0.05) is 13.6 Å². The van der Waals surface area contributed by atoms with Gasteiger partial charge in [0.15, 0.2) is 11.5 Å². The molecule has 0 aliphatic carbocycles. The number of aromatic nitrogens is 1. The van der Waals surface area contributed by atoms with E-state index in [9.17, 15) is 9.59 Å². The predicted octanol–water partition coefficient (Wildman–Crippen LogP) is 0.945. The monoisotopic (exact) mass is 290 g/mol. The van der Waals surface area contributed by atoms with Gasteiger partial charge in [0.25, 0.3) is 5.91 Å². The fourth-order valence-electron chi connectivity index (χ4n) is 2.12. The summed E-state index contributed by atoms with van der Waals surface area (Å²) in [6.07, 6.45) is 0. The van der Waals surface area contributed by atoms with Crippen molar-refractivity contribution in [1.29, 1.82) is 0 Å². The maximum absolute atomic E-state index is 12.1. The minimum absolute atomic E-state index is 0.0262. The molecule has 0 saturated heterocycles. The molecule has 0 bridgehead atoms. The van der Waals surface area contributed by atoms with Gasteiger partial charge in [0.2, 0.25) is 6.79 Å². The SMILES string of the molecule is Cc1c(C(=O)NCc2ccc3c(c2)OCO3)c(=O)on1C. The zero-order chi connectivity index (χ0) is 15.0. The number of carbonyl (C=O) groups is 1. The molecule has 1 aliphatic heterocycles. The summed E-state index contributed by atoms with van der Waals surface area (Å²) in [5.41, 5.74) is 0.727. The van der Waals surface area contributed by atoms with Crippen molar-refractivity contribution >= 4 is 5.91 Å². The number of amides is 1. The Bertz CT molecular complexity index is 759. The number of aryl methyl sites for hydroxylation is 1. The Balaban J connectivity index is 1.73. The molecule has 0 radical (unpaired) electrons. The minimum Gasteiger partial charge on any atom is -0.454 e. The topological polar surface area (TPSA) is 82.7 Å². The zero-order valence-corrected chi connectivity index (χ0v) is 11.6. The van der Waals surface area contributed by atoms with Gasteiger partial charge >= 0.3 is 5.63 Å². The molecule has 2 heterocycles. The van der Waals surface area contributed by atoms with Crippen molar-refractivity contribution in [3.8, 4) is 11.5 Å². The molecule has 1 N–H and O–H groups in total. The summed E-state index contributed by atoms with van der Waals surface area (Å²) in [6, 6.07) is 5.41. The van der Waals surface area contributed by atoms with Crippen molar-refractivity contribution in [2.75, 3.05) is 6.79 Å². The standard InChI is InChI=1S/C14H14N2O5/c1-8-12(14(18)21-16(8)2)13(17)15-6-9-3-4-10-11(5-9)20-7-19-10/h3-5H,6-7H2,1-2H3,(H,15,17). The fraction of sp³-hybridized carbons (Fsp3) is 0.286. The van der Waals surface area contributed by atoms with E-state index in [1.807, 2.05) is 6.07 Å². The van der Waals surface area contributed by atoms with Gasteiger partial charge in [-0.1, -0.05) is 6.07 Å². The molecule has 1 aliphatic rings. The maximum Gasteiger partial charge on any atom is 0.370 e. The quantitative estimate of drug-likeness (QED) is 0.910. The van der Waals surface area contributed by atoms with Gasteiger partial charge in [0.05, 0.1) is 5.69 Å². The third kappa shape index (κ3) is 2.37. The van der Waals surface area contributed by atoms with Crippen LogP contribution in [0.1, 0.15) is 21.6 Å². The highest BCUT2D eigenvalue weighted by Crippen LogP contribution is 2.32. The second kappa shape index (κ2) is 5.01. The van der Waals surface area contributed by atoms with Gasteiger partial charge in [-0.3, -0.25) is 4.79 Å². The van der Waals surface area contributed by atoms with Crippen LogP contribution in [0.5, 0.6) is 11.5 Å². The Kier molecular flexibility index (Phi) is 3.17. The molecular formula is C14H14N2O5. The molecule has 0 saturated carbocycles. The molecule has 0 spiro atoms. The van der Waals surface area contributed by atoms with E-state index in [1.54, 1.807) is 26.1 Å². The number of hydrogen-bond donors (Lipinski definition) is 1. The molecule has 0 unspecified atom stereocenters. The summed E-state index contributed by atoms with van der Waals surface area (Å²) in [5, 5.41) is 2.69. The Morgan fingerprint density at radius 1 is 1.33 bits per heavy atom. The molecule has 7 nitrogen and oxygen atoms in total. The molecule has 1 aromatic heterocycles. The highest BCUT2D eigenvalue weighted by Gasteiger charge is 2.19. The van der Waals surface area contributed by atoms with E-state index in [2.05, 4.69) is 5.32 Å². The van der Waals surface area contributed by atoms with E-state index < -0.39 is 11.5 Å². The summed E-state index contributed by atoms with van der Waals surface area (Å²) < 4.78 is 16.6. The summed E-state index contributed by atoms with van der Waals surface area (Å²) in [6.45, 7) is 2.14. The number of nitrogens with zero attached hydrogens (tertiary/aromatic N) is 1. The van der Waals surface area contributed by atoms with E-state index >= 15 is 0 Å². The van der Waals surface area contributed by atoms with Gasteiger partial charge in [-0.25, -0.2) is 9.53 Å². The fourth-order valence-corrected chi connectivity index (χ4v) is 2.12. The Morgan fingerprint density at radius 3 is 2.81 bits per heavy atom. The third-order valence-corrected chi connectivity index (χ3v) is 3.38. The van der Waals surface area contributed by atoms with Crippen LogP contribution in [-0.2, 0) is 13.6 Å².